The first kappa shape index (κ1) is 18.2. The first-order chi connectivity index (χ1) is 12.6. The van der Waals surface area contributed by atoms with E-state index in [1.54, 1.807) is 6.07 Å². The van der Waals surface area contributed by atoms with E-state index in [0.29, 0.717) is 11.3 Å². The van der Waals surface area contributed by atoms with Gasteiger partial charge in [0.25, 0.3) is 0 Å². The molecule has 1 aliphatic carbocycles. The second kappa shape index (κ2) is 7.74. The van der Waals surface area contributed by atoms with Crippen LogP contribution in [0.15, 0.2) is 42.5 Å². The van der Waals surface area contributed by atoms with Crippen molar-refractivity contribution in [2.75, 3.05) is 0 Å². The average molecular weight is 347 g/mol. The normalized spacial score (nSPS) is 15.9. The molecule has 0 bridgehead atoms. The molecule has 3 nitrogen and oxygen atoms in total. The highest BCUT2D eigenvalue weighted by atomic mass is 16.5. The van der Waals surface area contributed by atoms with Gasteiger partial charge in [0.1, 0.15) is 11.8 Å². The fraction of sp³-hybridized carbons (Fsp3) is 0.391. The largest absolute Gasteiger partial charge is 0.424 e. The average Bonchev–Trinajstić information content (AvgIpc) is 2.69. The van der Waals surface area contributed by atoms with Gasteiger partial charge in [-0.3, -0.25) is 4.79 Å². The van der Waals surface area contributed by atoms with Crippen LogP contribution in [-0.4, -0.2) is 5.97 Å². The van der Waals surface area contributed by atoms with Gasteiger partial charge < -0.3 is 4.74 Å². The molecular weight excluding hydrogens is 322 g/mol. The number of carbonyl (C=O) groups excluding carboxylic acids is 1. The van der Waals surface area contributed by atoms with Crippen molar-refractivity contribution in [1.82, 2.24) is 0 Å². The SMILES string of the molecule is CCc1ccc(OC(=O)C2(c3ccc(C)cc3)CCCCC2)c(C#N)c1. The molecule has 1 saturated carbocycles. The van der Waals surface area contributed by atoms with E-state index in [9.17, 15) is 10.1 Å². The summed E-state index contributed by atoms with van der Waals surface area (Å²) in [6.07, 6.45) is 5.62. The summed E-state index contributed by atoms with van der Waals surface area (Å²) in [5, 5.41) is 9.43. The molecule has 2 aromatic carbocycles. The molecule has 26 heavy (non-hydrogen) atoms. The van der Waals surface area contributed by atoms with Crippen LogP contribution in [0.3, 0.4) is 0 Å². The number of nitriles is 1. The Morgan fingerprint density at radius 3 is 2.42 bits per heavy atom. The van der Waals surface area contributed by atoms with Crippen molar-refractivity contribution in [1.29, 1.82) is 5.26 Å². The molecule has 0 aliphatic heterocycles. The third-order valence-electron chi connectivity index (χ3n) is 5.48. The molecule has 0 saturated heterocycles. The van der Waals surface area contributed by atoms with E-state index in [1.165, 1.54) is 5.56 Å². The first-order valence-electron chi connectivity index (χ1n) is 9.41. The fourth-order valence-corrected chi connectivity index (χ4v) is 3.81. The van der Waals surface area contributed by atoms with Crippen LogP contribution in [0.1, 0.15) is 61.3 Å². The van der Waals surface area contributed by atoms with Crippen molar-refractivity contribution in [3.8, 4) is 11.8 Å². The maximum atomic E-state index is 13.3. The minimum atomic E-state index is -0.609. The first-order valence-corrected chi connectivity index (χ1v) is 9.41. The highest BCUT2D eigenvalue weighted by molar-refractivity contribution is 5.85. The Labute approximate surface area is 155 Å². The van der Waals surface area contributed by atoms with Gasteiger partial charge in [-0.05, 0) is 49.4 Å². The Morgan fingerprint density at radius 2 is 1.81 bits per heavy atom. The zero-order chi connectivity index (χ0) is 18.6. The zero-order valence-electron chi connectivity index (χ0n) is 15.5. The maximum absolute atomic E-state index is 13.3. The lowest BCUT2D eigenvalue weighted by Crippen LogP contribution is -2.41. The van der Waals surface area contributed by atoms with Gasteiger partial charge in [0.15, 0.2) is 0 Å². The lowest BCUT2D eigenvalue weighted by Gasteiger charge is -2.35. The summed E-state index contributed by atoms with van der Waals surface area (Å²) < 4.78 is 5.80. The Bertz CT molecular complexity index is 824. The van der Waals surface area contributed by atoms with Gasteiger partial charge in [0, 0.05) is 0 Å². The van der Waals surface area contributed by atoms with Crippen LogP contribution in [0.4, 0.5) is 0 Å². The van der Waals surface area contributed by atoms with Crippen LogP contribution < -0.4 is 4.74 Å². The summed E-state index contributed by atoms with van der Waals surface area (Å²) >= 11 is 0. The van der Waals surface area contributed by atoms with Gasteiger partial charge >= 0.3 is 5.97 Å². The van der Waals surface area contributed by atoms with Crippen LogP contribution in [0.25, 0.3) is 0 Å². The van der Waals surface area contributed by atoms with Crippen LogP contribution in [0.5, 0.6) is 5.75 Å². The molecule has 0 spiro atoms. The number of esters is 1. The van der Waals surface area contributed by atoms with Crippen molar-refractivity contribution >= 4 is 5.97 Å². The molecule has 1 fully saturated rings. The highest BCUT2D eigenvalue weighted by Gasteiger charge is 2.43. The van der Waals surface area contributed by atoms with E-state index >= 15 is 0 Å². The van der Waals surface area contributed by atoms with E-state index in [0.717, 1.165) is 49.7 Å². The van der Waals surface area contributed by atoms with Crippen molar-refractivity contribution in [3.05, 3.63) is 64.7 Å². The number of ether oxygens (including phenoxy) is 1. The van der Waals surface area contributed by atoms with Gasteiger partial charge in [0.2, 0.25) is 0 Å². The van der Waals surface area contributed by atoms with Gasteiger partial charge in [-0.15, -0.1) is 0 Å². The Kier molecular flexibility index (Phi) is 5.42. The van der Waals surface area contributed by atoms with Gasteiger partial charge in [-0.2, -0.15) is 5.26 Å². The molecular formula is C23H25NO2. The van der Waals surface area contributed by atoms with Gasteiger partial charge in [-0.25, -0.2) is 0 Å². The fourth-order valence-electron chi connectivity index (χ4n) is 3.81. The number of benzene rings is 2. The molecule has 0 radical (unpaired) electrons. The molecule has 0 aromatic heterocycles. The minimum Gasteiger partial charge on any atom is -0.424 e. The smallest absolute Gasteiger partial charge is 0.321 e. The van der Waals surface area contributed by atoms with Crippen molar-refractivity contribution in [2.45, 2.75) is 57.8 Å². The molecule has 1 aliphatic rings. The lowest BCUT2D eigenvalue weighted by atomic mass is 9.69. The van der Waals surface area contributed by atoms with E-state index in [-0.39, 0.29) is 5.97 Å². The van der Waals surface area contributed by atoms with Gasteiger partial charge in [0.05, 0.1) is 11.0 Å². The van der Waals surface area contributed by atoms with Crippen LogP contribution >= 0.6 is 0 Å². The van der Waals surface area contributed by atoms with Crippen LogP contribution in [0, 0.1) is 18.3 Å². The standard InChI is InChI=1S/C23H25NO2/c1-3-18-9-12-21(19(15-18)16-24)26-22(25)23(13-5-4-6-14-23)20-10-7-17(2)8-11-20/h7-12,15H,3-6,13-14H2,1-2H3. The summed E-state index contributed by atoms with van der Waals surface area (Å²) in [5.74, 6) is 0.133. The minimum absolute atomic E-state index is 0.234. The highest BCUT2D eigenvalue weighted by Crippen LogP contribution is 2.41. The molecule has 0 atom stereocenters. The van der Waals surface area contributed by atoms with Crippen LogP contribution in [0.2, 0.25) is 0 Å². The number of nitrogens with zero attached hydrogens (tertiary/aromatic N) is 1. The molecule has 3 rings (SSSR count). The second-order valence-electron chi connectivity index (χ2n) is 7.19. The van der Waals surface area contributed by atoms with Crippen molar-refractivity contribution < 1.29 is 9.53 Å². The number of hydrogen-bond acceptors (Lipinski definition) is 3. The zero-order valence-corrected chi connectivity index (χ0v) is 15.5. The number of hydrogen-bond donors (Lipinski definition) is 0. The third-order valence-corrected chi connectivity index (χ3v) is 5.48. The summed E-state index contributed by atoms with van der Waals surface area (Å²) in [7, 11) is 0. The third kappa shape index (κ3) is 3.51. The quantitative estimate of drug-likeness (QED) is 0.561. The van der Waals surface area contributed by atoms with Crippen molar-refractivity contribution in [3.63, 3.8) is 0 Å². The monoisotopic (exact) mass is 347 g/mol. The molecule has 0 N–H and O–H groups in total. The van der Waals surface area contributed by atoms with E-state index in [4.69, 9.17) is 4.74 Å². The number of carbonyl (C=O) groups is 1. The predicted molar refractivity (Wildman–Crippen MR) is 102 cm³/mol. The predicted octanol–water partition coefficient (Wildman–Crippen LogP) is 5.24. The molecule has 0 heterocycles. The Balaban J connectivity index is 1.94. The molecule has 2 aromatic rings. The lowest BCUT2D eigenvalue weighted by molar-refractivity contribution is -0.142. The van der Waals surface area contributed by atoms with Crippen molar-refractivity contribution in [2.24, 2.45) is 0 Å². The van der Waals surface area contributed by atoms with Crippen LogP contribution in [-0.2, 0) is 16.6 Å². The van der Waals surface area contributed by atoms with E-state index < -0.39 is 5.41 Å². The maximum Gasteiger partial charge on any atom is 0.321 e. The second-order valence-corrected chi connectivity index (χ2v) is 7.19. The summed E-state index contributed by atoms with van der Waals surface area (Å²) in [6.45, 7) is 4.08. The topological polar surface area (TPSA) is 50.1 Å². The summed E-state index contributed by atoms with van der Waals surface area (Å²) in [5.41, 5.74) is 3.08. The number of aryl methyl sites for hydroxylation is 2. The van der Waals surface area contributed by atoms with E-state index in [1.807, 2.05) is 38.1 Å². The summed E-state index contributed by atoms with van der Waals surface area (Å²) in [6, 6.07) is 15.8. The number of rotatable bonds is 4. The van der Waals surface area contributed by atoms with E-state index in [2.05, 4.69) is 18.2 Å². The molecule has 0 amide bonds. The molecule has 134 valence electrons. The Hall–Kier alpha value is -2.60. The summed E-state index contributed by atoms with van der Waals surface area (Å²) in [4.78, 5) is 13.3. The molecule has 0 unspecified atom stereocenters. The van der Waals surface area contributed by atoms with Gasteiger partial charge in [-0.1, -0.05) is 62.1 Å². The molecule has 3 heteroatoms. The Morgan fingerprint density at radius 1 is 1.12 bits per heavy atom.